The molecule has 1 aromatic heterocycles. The van der Waals surface area contributed by atoms with Crippen molar-refractivity contribution in [3.8, 4) is 0 Å². The number of benzene rings is 1. The van der Waals surface area contributed by atoms with Crippen molar-refractivity contribution in [3.63, 3.8) is 0 Å². The van der Waals surface area contributed by atoms with Crippen molar-refractivity contribution >= 4 is 5.95 Å². The molecule has 3 rings (SSSR count). The lowest BCUT2D eigenvalue weighted by Crippen LogP contribution is -2.37. The third kappa shape index (κ3) is 3.77. The highest BCUT2D eigenvalue weighted by molar-refractivity contribution is 5.36. The van der Waals surface area contributed by atoms with Crippen LogP contribution in [-0.2, 0) is 12.1 Å². The third-order valence-corrected chi connectivity index (χ3v) is 4.68. The highest BCUT2D eigenvalue weighted by atomic mass is 19.1. The van der Waals surface area contributed by atoms with Gasteiger partial charge in [0.2, 0.25) is 11.8 Å². The monoisotopic (exact) mass is 363 g/mol. The Hall–Kier alpha value is -2.28. The van der Waals surface area contributed by atoms with Crippen LogP contribution in [0.2, 0.25) is 0 Å². The van der Waals surface area contributed by atoms with Gasteiger partial charge in [-0.05, 0) is 56.4 Å². The van der Waals surface area contributed by atoms with E-state index in [4.69, 9.17) is 0 Å². The molecule has 0 bridgehead atoms. The van der Waals surface area contributed by atoms with Crippen molar-refractivity contribution in [2.24, 2.45) is 0 Å². The first-order valence-electron chi connectivity index (χ1n) is 8.79. The van der Waals surface area contributed by atoms with E-state index in [1.165, 1.54) is 22.8 Å². The van der Waals surface area contributed by atoms with E-state index in [0.717, 1.165) is 38.5 Å². The van der Waals surface area contributed by atoms with Crippen LogP contribution in [0.15, 0.2) is 29.2 Å². The van der Waals surface area contributed by atoms with Crippen molar-refractivity contribution in [1.82, 2.24) is 9.55 Å². The number of halogens is 2. The highest BCUT2D eigenvalue weighted by Crippen LogP contribution is 2.26. The maximum absolute atomic E-state index is 13.9. The summed E-state index contributed by atoms with van der Waals surface area (Å²) in [6.07, 6.45) is 3.99. The van der Waals surface area contributed by atoms with Gasteiger partial charge in [0, 0.05) is 13.1 Å². The van der Waals surface area contributed by atoms with Crippen molar-refractivity contribution in [3.05, 3.63) is 57.5 Å². The molecular formula is C19H23F2N3O2. The minimum absolute atomic E-state index is 0.0630. The molecule has 26 heavy (non-hydrogen) atoms. The van der Waals surface area contributed by atoms with Gasteiger partial charge in [-0.3, -0.25) is 9.36 Å². The maximum Gasteiger partial charge on any atom is 0.291 e. The van der Waals surface area contributed by atoms with Crippen molar-refractivity contribution in [2.45, 2.75) is 45.3 Å². The predicted molar refractivity (Wildman–Crippen MR) is 95.3 cm³/mol. The summed E-state index contributed by atoms with van der Waals surface area (Å²) in [4.78, 5) is 18.5. The van der Waals surface area contributed by atoms with Gasteiger partial charge in [0.1, 0.15) is 5.82 Å². The van der Waals surface area contributed by atoms with Crippen LogP contribution >= 0.6 is 0 Å². The largest absolute Gasteiger partial charge is 0.386 e. The number of rotatable bonds is 4. The van der Waals surface area contributed by atoms with E-state index < -0.39 is 22.8 Å². The zero-order valence-corrected chi connectivity index (χ0v) is 15.0. The van der Waals surface area contributed by atoms with E-state index in [1.54, 1.807) is 13.8 Å². The molecule has 1 fully saturated rings. The number of aromatic nitrogens is 2. The first kappa shape index (κ1) is 18.5. The molecule has 0 amide bonds. The minimum Gasteiger partial charge on any atom is -0.386 e. The summed E-state index contributed by atoms with van der Waals surface area (Å²) < 4.78 is 28.9. The Balaban J connectivity index is 2.09. The molecule has 0 radical (unpaired) electrons. The maximum atomic E-state index is 13.9. The number of anilines is 1. The fraction of sp³-hybridized carbons (Fsp3) is 0.474. The summed E-state index contributed by atoms with van der Waals surface area (Å²) in [7, 11) is 0. The molecule has 2 aromatic rings. The van der Waals surface area contributed by atoms with Crippen LogP contribution in [0.25, 0.3) is 0 Å². The summed E-state index contributed by atoms with van der Waals surface area (Å²) >= 11 is 0. The molecule has 2 heterocycles. The van der Waals surface area contributed by atoms with Crippen molar-refractivity contribution in [1.29, 1.82) is 0 Å². The summed E-state index contributed by atoms with van der Waals surface area (Å²) in [6.45, 7) is 4.58. The molecule has 7 heteroatoms. The normalized spacial score (nSPS) is 15.3. The molecule has 5 nitrogen and oxygen atoms in total. The topological polar surface area (TPSA) is 58.4 Å². The number of nitrogens with zero attached hydrogens (tertiary/aromatic N) is 3. The summed E-state index contributed by atoms with van der Waals surface area (Å²) in [6, 6.07) is 4.02. The number of aliphatic hydroxyl groups is 1. The summed E-state index contributed by atoms with van der Waals surface area (Å²) in [5.74, 6) is -1.06. The van der Waals surface area contributed by atoms with E-state index in [0.29, 0.717) is 17.1 Å². The van der Waals surface area contributed by atoms with Crippen molar-refractivity contribution in [2.75, 3.05) is 18.0 Å². The minimum atomic E-state index is -1.22. The van der Waals surface area contributed by atoms with Crippen LogP contribution in [0.1, 0.15) is 44.2 Å². The van der Waals surface area contributed by atoms with Gasteiger partial charge < -0.3 is 10.0 Å². The van der Waals surface area contributed by atoms with Gasteiger partial charge >= 0.3 is 0 Å². The molecule has 1 aromatic carbocycles. The Labute approximate surface area is 150 Å². The molecular weight excluding hydrogens is 340 g/mol. The lowest BCUT2D eigenvalue weighted by molar-refractivity contribution is 0.0774. The SMILES string of the molecule is CC(C)(O)c1ccc(F)cc1Cn1c(N2CCCCC2)ncc(F)c1=O. The second-order valence-electron chi connectivity index (χ2n) is 7.21. The van der Waals surface area contributed by atoms with Gasteiger partial charge in [-0.2, -0.15) is 4.39 Å². The number of hydrogen-bond acceptors (Lipinski definition) is 4. The Morgan fingerprint density at radius 3 is 2.54 bits per heavy atom. The second kappa shape index (κ2) is 7.15. The van der Waals surface area contributed by atoms with Crippen LogP contribution < -0.4 is 10.5 Å². The third-order valence-electron chi connectivity index (χ3n) is 4.68. The lowest BCUT2D eigenvalue weighted by Gasteiger charge is -2.30. The smallest absolute Gasteiger partial charge is 0.291 e. The lowest BCUT2D eigenvalue weighted by atomic mass is 9.93. The zero-order chi connectivity index (χ0) is 18.9. The van der Waals surface area contributed by atoms with Gasteiger partial charge in [-0.25, -0.2) is 9.37 Å². The van der Waals surface area contributed by atoms with Gasteiger partial charge in [0.05, 0.1) is 18.3 Å². The molecule has 0 saturated carbocycles. The van der Waals surface area contributed by atoms with Crippen molar-refractivity contribution < 1.29 is 13.9 Å². The Morgan fingerprint density at radius 2 is 1.88 bits per heavy atom. The molecule has 0 aliphatic carbocycles. The molecule has 140 valence electrons. The summed E-state index contributed by atoms with van der Waals surface area (Å²) in [5, 5.41) is 10.4. The summed E-state index contributed by atoms with van der Waals surface area (Å²) in [5.41, 5.74) is -1.12. The van der Waals surface area contributed by atoms with E-state index in [9.17, 15) is 18.7 Å². The standard InChI is InChI=1S/C19H23F2N3O2/c1-19(2,26)15-7-6-14(20)10-13(15)12-24-17(25)16(21)11-22-18(24)23-8-4-3-5-9-23/h6-7,10-11,26H,3-5,8-9,12H2,1-2H3. The van der Waals surface area contributed by atoms with Crippen LogP contribution in [0, 0.1) is 11.6 Å². The molecule has 0 atom stereocenters. The first-order chi connectivity index (χ1) is 12.3. The molecule has 1 aliphatic rings. The van der Waals surface area contributed by atoms with Crippen LogP contribution in [0.4, 0.5) is 14.7 Å². The van der Waals surface area contributed by atoms with Gasteiger partial charge in [0.25, 0.3) is 5.56 Å². The first-order valence-corrected chi connectivity index (χ1v) is 8.79. The average molecular weight is 363 g/mol. The Kier molecular flexibility index (Phi) is 5.09. The van der Waals surface area contributed by atoms with Crippen LogP contribution in [0.5, 0.6) is 0 Å². The predicted octanol–water partition coefficient (Wildman–Crippen LogP) is 2.79. The highest BCUT2D eigenvalue weighted by Gasteiger charge is 2.23. The molecule has 1 aliphatic heterocycles. The number of hydrogen-bond donors (Lipinski definition) is 1. The van der Waals surface area contributed by atoms with Crippen LogP contribution in [-0.4, -0.2) is 27.7 Å². The Morgan fingerprint density at radius 1 is 1.19 bits per heavy atom. The molecule has 1 saturated heterocycles. The fourth-order valence-electron chi connectivity index (χ4n) is 3.41. The molecule has 0 unspecified atom stereocenters. The number of piperidine rings is 1. The van der Waals surface area contributed by atoms with Gasteiger partial charge in [-0.1, -0.05) is 6.07 Å². The van der Waals surface area contributed by atoms with E-state index in [-0.39, 0.29) is 6.54 Å². The second-order valence-corrected chi connectivity index (χ2v) is 7.21. The van der Waals surface area contributed by atoms with E-state index >= 15 is 0 Å². The average Bonchev–Trinajstić information content (AvgIpc) is 2.59. The van der Waals surface area contributed by atoms with Gasteiger partial charge in [0.15, 0.2) is 0 Å². The molecule has 0 spiro atoms. The Bertz CT molecular complexity index is 853. The van der Waals surface area contributed by atoms with E-state index in [2.05, 4.69) is 4.98 Å². The van der Waals surface area contributed by atoms with Crippen LogP contribution in [0.3, 0.4) is 0 Å². The van der Waals surface area contributed by atoms with E-state index in [1.807, 2.05) is 4.90 Å². The quantitative estimate of drug-likeness (QED) is 0.908. The zero-order valence-electron chi connectivity index (χ0n) is 15.0. The molecule has 1 N–H and O–H groups in total. The fourth-order valence-corrected chi connectivity index (χ4v) is 3.41. The van der Waals surface area contributed by atoms with Gasteiger partial charge in [-0.15, -0.1) is 0 Å².